The normalized spacial score (nSPS) is 20.1. The molecule has 0 aliphatic carbocycles. The van der Waals surface area contributed by atoms with Crippen molar-refractivity contribution in [2.24, 2.45) is 0 Å². The van der Waals surface area contributed by atoms with Gasteiger partial charge < -0.3 is 4.90 Å². The zero-order valence-electron chi connectivity index (χ0n) is 7.50. The maximum absolute atomic E-state index is 6.08. The number of hydrogen-bond donors (Lipinski definition) is 0. The Morgan fingerprint density at radius 1 is 1.43 bits per heavy atom. The minimum absolute atomic E-state index is 0.172. The van der Waals surface area contributed by atoms with Gasteiger partial charge in [-0.3, -0.25) is 0 Å². The lowest BCUT2D eigenvalue weighted by Gasteiger charge is -2.40. The van der Waals surface area contributed by atoms with Crippen LogP contribution < -0.4 is 4.90 Å². The van der Waals surface area contributed by atoms with Crippen LogP contribution in [0.5, 0.6) is 0 Å². The van der Waals surface area contributed by atoms with Gasteiger partial charge >= 0.3 is 0 Å². The molecule has 1 nitrogen and oxygen atoms in total. The van der Waals surface area contributed by atoms with E-state index in [1.807, 2.05) is 12.1 Å². The quantitative estimate of drug-likeness (QED) is 0.664. The van der Waals surface area contributed by atoms with Crippen molar-refractivity contribution in [1.82, 2.24) is 0 Å². The second-order valence-corrected chi connectivity index (χ2v) is 4.02. The first-order valence-electron chi connectivity index (χ1n) is 4.41. The molecular weight excluding hydrogens is 217 g/mol. The van der Waals surface area contributed by atoms with Crippen molar-refractivity contribution in [2.75, 3.05) is 11.4 Å². The average Bonchev–Trinajstić information content (AvgIpc) is 2.12. The Morgan fingerprint density at radius 2 is 2.21 bits per heavy atom. The van der Waals surface area contributed by atoms with Crippen LogP contribution in [0.3, 0.4) is 0 Å². The molecule has 0 aromatic heterocycles. The topological polar surface area (TPSA) is 3.24 Å². The van der Waals surface area contributed by atoms with Gasteiger partial charge in [0.05, 0.1) is 21.8 Å². The molecule has 1 aromatic rings. The molecule has 0 spiro atoms. The summed E-state index contributed by atoms with van der Waals surface area (Å²) in [5, 5.41) is 1.17. The third-order valence-corrected chi connectivity index (χ3v) is 3.26. The Morgan fingerprint density at radius 3 is 2.79 bits per heavy atom. The lowest BCUT2D eigenvalue weighted by Crippen LogP contribution is -2.47. The summed E-state index contributed by atoms with van der Waals surface area (Å²) in [5.74, 6) is 2.72. The third kappa shape index (κ3) is 1.45. The van der Waals surface area contributed by atoms with Gasteiger partial charge in [-0.2, -0.15) is 0 Å². The first-order valence-corrected chi connectivity index (χ1v) is 5.16. The molecule has 72 valence electrons. The molecule has 1 saturated heterocycles. The molecule has 1 aliphatic rings. The third-order valence-electron chi connectivity index (χ3n) is 2.45. The van der Waals surface area contributed by atoms with Gasteiger partial charge in [0.1, 0.15) is 0 Å². The highest BCUT2D eigenvalue weighted by Crippen LogP contribution is 2.36. The van der Waals surface area contributed by atoms with Crippen LogP contribution in [0.1, 0.15) is 6.42 Å². The molecule has 1 fully saturated rings. The van der Waals surface area contributed by atoms with Gasteiger partial charge in [-0.1, -0.05) is 35.2 Å². The fraction of sp³-hybridized carbons (Fsp3) is 0.273. The van der Waals surface area contributed by atoms with Gasteiger partial charge in [-0.15, -0.1) is 6.42 Å². The predicted octanol–water partition coefficient (Wildman–Crippen LogP) is 3.21. The first-order chi connectivity index (χ1) is 6.74. The molecule has 0 saturated carbocycles. The Labute approximate surface area is 93.6 Å². The van der Waals surface area contributed by atoms with Crippen LogP contribution in [0.25, 0.3) is 0 Å². The number of benzene rings is 1. The highest BCUT2D eigenvalue weighted by molar-refractivity contribution is 6.43. The molecule has 1 aromatic carbocycles. The summed E-state index contributed by atoms with van der Waals surface area (Å²) in [5.41, 5.74) is 0.938. The number of terminal acetylenes is 1. The van der Waals surface area contributed by atoms with Crippen LogP contribution in [0.15, 0.2) is 18.2 Å². The first kappa shape index (κ1) is 9.71. The second kappa shape index (κ2) is 3.73. The highest BCUT2D eigenvalue weighted by Gasteiger charge is 2.27. The van der Waals surface area contributed by atoms with Gasteiger partial charge in [0.25, 0.3) is 0 Å². The van der Waals surface area contributed by atoms with Crippen LogP contribution in [-0.2, 0) is 0 Å². The summed E-state index contributed by atoms with van der Waals surface area (Å²) in [6, 6.07) is 5.77. The van der Waals surface area contributed by atoms with Crippen LogP contribution in [0.2, 0.25) is 10.0 Å². The van der Waals surface area contributed by atoms with E-state index in [4.69, 9.17) is 29.6 Å². The standard InChI is InChI=1S/C11H9Cl2N/c1-2-8-6-7-14(8)10-5-3-4-9(12)11(10)13/h1,3-5,8H,6-7H2. The molecular formula is C11H9Cl2N. The monoisotopic (exact) mass is 225 g/mol. The van der Waals surface area contributed by atoms with Crippen LogP contribution in [0, 0.1) is 12.3 Å². The second-order valence-electron chi connectivity index (χ2n) is 3.24. The zero-order chi connectivity index (χ0) is 10.1. The number of halogens is 2. The van der Waals surface area contributed by atoms with Crippen molar-refractivity contribution < 1.29 is 0 Å². The maximum Gasteiger partial charge on any atom is 0.0918 e. The summed E-state index contributed by atoms with van der Waals surface area (Å²) in [4.78, 5) is 2.09. The van der Waals surface area contributed by atoms with E-state index in [-0.39, 0.29) is 6.04 Å². The van der Waals surface area contributed by atoms with E-state index in [0.717, 1.165) is 18.7 Å². The number of nitrogens with zero attached hydrogens (tertiary/aromatic N) is 1. The van der Waals surface area contributed by atoms with Crippen molar-refractivity contribution in [3.05, 3.63) is 28.2 Å². The number of hydrogen-bond acceptors (Lipinski definition) is 1. The van der Waals surface area contributed by atoms with Gasteiger partial charge in [-0.05, 0) is 18.6 Å². The van der Waals surface area contributed by atoms with Crippen molar-refractivity contribution in [2.45, 2.75) is 12.5 Å². The Bertz CT molecular complexity index is 395. The summed E-state index contributed by atoms with van der Waals surface area (Å²) < 4.78 is 0. The van der Waals surface area contributed by atoms with Crippen LogP contribution >= 0.6 is 23.2 Å². The molecule has 0 amide bonds. The van der Waals surface area contributed by atoms with Crippen molar-refractivity contribution in [1.29, 1.82) is 0 Å². The molecule has 2 rings (SSSR count). The molecule has 0 radical (unpaired) electrons. The summed E-state index contributed by atoms with van der Waals surface area (Å²) in [7, 11) is 0. The van der Waals surface area contributed by atoms with E-state index < -0.39 is 0 Å². The van der Waals surface area contributed by atoms with Gasteiger partial charge in [0, 0.05) is 6.54 Å². The lowest BCUT2D eigenvalue weighted by atomic mass is 10.0. The highest BCUT2D eigenvalue weighted by atomic mass is 35.5. The van der Waals surface area contributed by atoms with Crippen molar-refractivity contribution in [3.8, 4) is 12.3 Å². The minimum Gasteiger partial charge on any atom is -0.356 e. The fourth-order valence-corrected chi connectivity index (χ4v) is 1.97. The van der Waals surface area contributed by atoms with E-state index in [0.29, 0.717) is 10.0 Å². The molecule has 1 heterocycles. The molecule has 0 bridgehead atoms. The SMILES string of the molecule is C#CC1CCN1c1cccc(Cl)c1Cl. The Kier molecular flexibility index (Phi) is 2.58. The minimum atomic E-state index is 0.172. The van der Waals surface area contributed by atoms with Gasteiger partial charge in [-0.25, -0.2) is 0 Å². The van der Waals surface area contributed by atoms with E-state index in [1.165, 1.54) is 0 Å². The lowest BCUT2D eigenvalue weighted by molar-refractivity contribution is 0.536. The zero-order valence-corrected chi connectivity index (χ0v) is 9.02. The van der Waals surface area contributed by atoms with Crippen molar-refractivity contribution in [3.63, 3.8) is 0 Å². The Balaban J connectivity index is 2.34. The molecule has 1 aliphatic heterocycles. The average molecular weight is 226 g/mol. The summed E-state index contributed by atoms with van der Waals surface area (Å²) >= 11 is 12.0. The molecule has 1 atom stereocenters. The molecule has 3 heteroatoms. The van der Waals surface area contributed by atoms with E-state index in [9.17, 15) is 0 Å². The van der Waals surface area contributed by atoms with E-state index in [1.54, 1.807) is 6.07 Å². The van der Waals surface area contributed by atoms with Crippen molar-refractivity contribution >= 4 is 28.9 Å². The Hall–Kier alpha value is -0.840. The smallest absolute Gasteiger partial charge is 0.0918 e. The molecule has 1 unspecified atom stereocenters. The largest absolute Gasteiger partial charge is 0.356 e. The van der Waals surface area contributed by atoms with Crippen LogP contribution in [-0.4, -0.2) is 12.6 Å². The van der Waals surface area contributed by atoms with Crippen LogP contribution in [0.4, 0.5) is 5.69 Å². The predicted molar refractivity (Wildman–Crippen MR) is 61.0 cm³/mol. The number of anilines is 1. The van der Waals surface area contributed by atoms with Gasteiger partial charge in [0.2, 0.25) is 0 Å². The summed E-state index contributed by atoms with van der Waals surface area (Å²) in [6.07, 6.45) is 6.41. The number of rotatable bonds is 1. The fourth-order valence-electron chi connectivity index (χ4n) is 1.56. The molecule has 0 N–H and O–H groups in total. The maximum atomic E-state index is 6.08. The summed E-state index contributed by atoms with van der Waals surface area (Å²) in [6.45, 7) is 0.953. The van der Waals surface area contributed by atoms with E-state index in [2.05, 4.69) is 10.8 Å². The van der Waals surface area contributed by atoms with E-state index >= 15 is 0 Å². The molecule has 14 heavy (non-hydrogen) atoms. The van der Waals surface area contributed by atoms with Gasteiger partial charge in [0.15, 0.2) is 0 Å².